The van der Waals surface area contributed by atoms with E-state index in [0.717, 1.165) is 22.3 Å². The molecule has 1 amide bonds. The van der Waals surface area contributed by atoms with Crippen LogP contribution in [-0.4, -0.2) is 22.1 Å². The molecule has 0 saturated carbocycles. The maximum atomic E-state index is 13.4. The van der Waals surface area contributed by atoms with Crippen molar-refractivity contribution in [1.29, 1.82) is 0 Å². The van der Waals surface area contributed by atoms with Gasteiger partial charge in [0.2, 0.25) is 5.91 Å². The summed E-state index contributed by atoms with van der Waals surface area (Å²) >= 11 is 0. The van der Waals surface area contributed by atoms with Crippen LogP contribution in [0.1, 0.15) is 27.8 Å². The Hall–Kier alpha value is -3.68. The summed E-state index contributed by atoms with van der Waals surface area (Å²) in [6, 6.07) is 9.90. The zero-order valence-corrected chi connectivity index (χ0v) is 17.6. The van der Waals surface area contributed by atoms with E-state index < -0.39 is 0 Å². The predicted octanol–water partition coefficient (Wildman–Crippen LogP) is 2.23. The van der Waals surface area contributed by atoms with Gasteiger partial charge in [-0.15, -0.1) is 0 Å². The molecular weight excluding hydrogens is 397 g/mol. The van der Waals surface area contributed by atoms with E-state index >= 15 is 0 Å². The normalized spacial score (nSPS) is 10.7. The number of hydrogen-bond donors (Lipinski definition) is 3. The van der Waals surface area contributed by atoms with Gasteiger partial charge in [0.25, 0.3) is 5.56 Å². The summed E-state index contributed by atoms with van der Waals surface area (Å²) in [7, 11) is 0. The summed E-state index contributed by atoms with van der Waals surface area (Å²) in [6.07, 6.45) is 3.77. The van der Waals surface area contributed by atoms with Gasteiger partial charge in [-0.1, -0.05) is 12.1 Å². The highest BCUT2D eigenvalue weighted by Crippen LogP contribution is 2.10. The highest BCUT2D eigenvalue weighted by molar-refractivity contribution is 5.78. The lowest BCUT2D eigenvalue weighted by Crippen LogP contribution is -2.35. The van der Waals surface area contributed by atoms with Crippen molar-refractivity contribution in [2.45, 2.75) is 33.2 Å². The summed E-state index contributed by atoms with van der Waals surface area (Å²) < 4.78 is 14.8. The zero-order valence-electron chi connectivity index (χ0n) is 17.6. The van der Waals surface area contributed by atoms with Gasteiger partial charge in [-0.25, -0.2) is 14.1 Å². The van der Waals surface area contributed by atoms with Gasteiger partial charge in [0.1, 0.15) is 11.6 Å². The number of nitrogen functional groups attached to an aromatic ring is 1. The molecule has 2 aromatic heterocycles. The lowest BCUT2D eigenvalue weighted by Gasteiger charge is -2.14. The first-order valence-electron chi connectivity index (χ1n) is 10.0. The highest BCUT2D eigenvalue weighted by Gasteiger charge is 2.12. The molecule has 2 heterocycles. The molecule has 0 radical (unpaired) electrons. The van der Waals surface area contributed by atoms with Crippen LogP contribution >= 0.6 is 0 Å². The number of carbonyl (C=O) groups excluding carboxylic acids is 1. The molecule has 0 aliphatic rings. The second kappa shape index (κ2) is 9.88. The van der Waals surface area contributed by atoms with Gasteiger partial charge in [-0.05, 0) is 66.8 Å². The number of nitrogens with one attached hydrogen (secondary N) is 2. The van der Waals surface area contributed by atoms with E-state index in [2.05, 4.69) is 15.7 Å². The fourth-order valence-corrected chi connectivity index (χ4v) is 3.19. The Labute approximate surface area is 180 Å². The maximum absolute atomic E-state index is 13.4. The molecule has 162 valence electrons. The molecule has 0 aliphatic heterocycles. The number of nitrogens with two attached hydrogens (primary N) is 1. The Bertz CT molecular complexity index is 1130. The molecule has 3 aromatic rings. The largest absolute Gasteiger partial charge is 0.384 e. The average molecular weight is 423 g/mol. The van der Waals surface area contributed by atoms with Gasteiger partial charge in [0.15, 0.2) is 0 Å². The maximum Gasteiger partial charge on any atom is 0.272 e. The average Bonchev–Trinajstić information content (AvgIpc) is 2.74. The number of hydrogen-bond acceptors (Lipinski definition) is 5. The van der Waals surface area contributed by atoms with Crippen LogP contribution in [0.5, 0.6) is 0 Å². The molecule has 3 rings (SSSR count). The van der Waals surface area contributed by atoms with Crippen LogP contribution in [-0.2, 0) is 24.2 Å². The molecule has 0 spiro atoms. The van der Waals surface area contributed by atoms with E-state index in [4.69, 9.17) is 5.73 Å². The summed E-state index contributed by atoms with van der Waals surface area (Å²) in [5, 5.41) is 2.79. The van der Waals surface area contributed by atoms with Crippen LogP contribution < -0.4 is 22.0 Å². The smallest absolute Gasteiger partial charge is 0.272 e. The van der Waals surface area contributed by atoms with E-state index in [1.54, 1.807) is 43.6 Å². The Kier molecular flexibility index (Phi) is 7.02. The summed E-state index contributed by atoms with van der Waals surface area (Å²) in [4.78, 5) is 29.2. The summed E-state index contributed by atoms with van der Waals surface area (Å²) in [5.74, 6) is -0.128. The molecule has 0 atom stereocenters. The van der Waals surface area contributed by atoms with Crippen molar-refractivity contribution in [3.63, 3.8) is 0 Å². The number of amides is 1. The lowest BCUT2D eigenvalue weighted by atomic mass is 10.1. The third kappa shape index (κ3) is 5.91. The lowest BCUT2D eigenvalue weighted by molar-refractivity contribution is -0.120. The van der Waals surface area contributed by atoms with Crippen LogP contribution in [0.2, 0.25) is 0 Å². The molecule has 0 unspecified atom stereocenters. The summed E-state index contributed by atoms with van der Waals surface area (Å²) in [6.45, 7) is 4.47. The van der Waals surface area contributed by atoms with Crippen LogP contribution in [0.15, 0.2) is 53.6 Å². The molecule has 31 heavy (non-hydrogen) atoms. The third-order valence-corrected chi connectivity index (χ3v) is 5.09. The topological polar surface area (TPSA) is 102 Å². The predicted molar refractivity (Wildman–Crippen MR) is 119 cm³/mol. The highest BCUT2D eigenvalue weighted by atomic mass is 19.1. The van der Waals surface area contributed by atoms with Gasteiger partial charge in [-0.3, -0.25) is 9.59 Å². The van der Waals surface area contributed by atoms with Gasteiger partial charge >= 0.3 is 0 Å². The molecular formula is C23H26FN5O2. The minimum absolute atomic E-state index is 0.0292. The number of aryl methyl sites for hydroxylation is 2. The molecule has 1 aromatic carbocycles. The number of anilines is 1. The zero-order chi connectivity index (χ0) is 22.4. The van der Waals surface area contributed by atoms with E-state index in [9.17, 15) is 14.0 Å². The quantitative estimate of drug-likeness (QED) is 0.516. The van der Waals surface area contributed by atoms with Crippen LogP contribution in [0, 0.1) is 19.7 Å². The van der Waals surface area contributed by atoms with Crippen LogP contribution in [0.3, 0.4) is 0 Å². The minimum atomic E-state index is -0.281. The first-order chi connectivity index (χ1) is 14.8. The van der Waals surface area contributed by atoms with Crippen molar-refractivity contribution in [3.05, 3.63) is 92.8 Å². The second-order valence-electron chi connectivity index (χ2n) is 7.43. The molecule has 4 N–H and O–H groups in total. The van der Waals surface area contributed by atoms with Crippen LogP contribution in [0.25, 0.3) is 0 Å². The van der Waals surface area contributed by atoms with Gasteiger partial charge < -0.3 is 16.5 Å². The number of halogens is 1. The first kappa shape index (κ1) is 22.0. The van der Waals surface area contributed by atoms with Gasteiger partial charge in [-0.2, -0.15) is 0 Å². The number of pyridine rings is 2. The fourth-order valence-electron chi connectivity index (χ4n) is 3.19. The summed E-state index contributed by atoms with van der Waals surface area (Å²) in [5.41, 5.74) is 12.2. The van der Waals surface area contributed by atoms with Crippen molar-refractivity contribution >= 4 is 11.7 Å². The standard InChI is InChI=1S/C23H26FN5O2/c1-15-3-5-19(24)11-18(15)7-9-28-29-10-8-16(2)20(23(29)31)12-22(30)27-14-17-4-6-21(25)26-13-17/h3-6,8,10-11,13,28H,7,9,12,14H2,1-2H3,(H2,25,26)(H,27,30). The molecule has 0 saturated heterocycles. The molecule has 7 nitrogen and oxygen atoms in total. The van der Waals surface area contributed by atoms with E-state index in [-0.39, 0.29) is 23.7 Å². The molecule has 8 heteroatoms. The minimum Gasteiger partial charge on any atom is -0.384 e. The van der Waals surface area contributed by atoms with Crippen molar-refractivity contribution < 1.29 is 9.18 Å². The number of carbonyl (C=O) groups is 1. The monoisotopic (exact) mass is 423 g/mol. The van der Waals surface area contributed by atoms with Crippen molar-refractivity contribution in [2.24, 2.45) is 0 Å². The number of nitrogens with zero attached hydrogens (tertiary/aromatic N) is 2. The molecule has 0 fully saturated rings. The SMILES string of the molecule is Cc1ccc(F)cc1CCNn1ccc(C)c(CC(=O)NCc2ccc(N)nc2)c1=O. The van der Waals surface area contributed by atoms with E-state index in [0.29, 0.717) is 30.9 Å². The number of aromatic nitrogens is 2. The van der Waals surface area contributed by atoms with E-state index in [1.807, 2.05) is 6.92 Å². The number of benzene rings is 1. The third-order valence-electron chi connectivity index (χ3n) is 5.09. The molecule has 0 aliphatic carbocycles. The number of rotatable bonds is 8. The van der Waals surface area contributed by atoms with Gasteiger partial charge in [0.05, 0.1) is 6.42 Å². The van der Waals surface area contributed by atoms with Crippen molar-refractivity contribution in [3.8, 4) is 0 Å². The molecule has 0 bridgehead atoms. The fraction of sp³-hybridized carbons (Fsp3) is 0.261. The second-order valence-corrected chi connectivity index (χ2v) is 7.43. The van der Waals surface area contributed by atoms with Crippen LogP contribution in [0.4, 0.5) is 10.2 Å². The first-order valence-corrected chi connectivity index (χ1v) is 10.0. The Balaban J connectivity index is 1.61. The Morgan fingerprint density at radius 3 is 2.71 bits per heavy atom. The van der Waals surface area contributed by atoms with Crippen molar-refractivity contribution in [1.82, 2.24) is 15.0 Å². The Morgan fingerprint density at radius 2 is 1.97 bits per heavy atom. The Morgan fingerprint density at radius 1 is 1.16 bits per heavy atom. The van der Waals surface area contributed by atoms with Gasteiger partial charge in [0, 0.05) is 31.0 Å². The van der Waals surface area contributed by atoms with Crippen molar-refractivity contribution in [2.75, 3.05) is 17.7 Å². The van der Waals surface area contributed by atoms with E-state index in [1.165, 1.54) is 16.8 Å².